The second kappa shape index (κ2) is 7.54. The van der Waals surface area contributed by atoms with Gasteiger partial charge in [-0.2, -0.15) is 0 Å². The third kappa shape index (κ3) is 3.51. The van der Waals surface area contributed by atoms with Gasteiger partial charge in [0.05, 0.1) is 38.5 Å². The van der Waals surface area contributed by atoms with Crippen LogP contribution in [0.15, 0.2) is 10.5 Å². The van der Waals surface area contributed by atoms with Gasteiger partial charge in [0.15, 0.2) is 17.4 Å². The number of oxazole rings is 1. The monoisotopic (exact) mass is 408 g/mol. The lowest BCUT2D eigenvalue weighted by atomic mass is 9.97. The van der Waals surface area contributed by atoms with Crippen molar-refractivity contribution in [3.05, 3.63) is 34.0 Å². The predicted molar refractivity (Wildman–Crippen MR) is 105 cm³/mol. The van der Waals surface area contributed by atoms with Gasteiger partial charge in [-0.1, -0.05) is 32.4 Å². The number of hydrogen-bond acceptors (Lipinski definition) is 6. The summed E-state index contributed by atoms with van der Waals surface area (Å²) in [5, 5.41) is 0.276. The van der Waals surface area contributed by atoms with Gasteiger partial charge in [0.1, 0.15) is 11.5 Å². The molecule has 0 unspecified atom stereocenters. The standard InChI is InChI=1S/C20H25ClN2O5/c1-20(2,3)19-22-13-10-23(8-7-14(13)28-19)18(24)11-9-12(21)16(26-5)17(27-6)15(11)25-4/h9H,7-8,10H2,1-6H3. The van der Waals surface area contributed by atoms with E-state index in [-0.39, 0.29) is 27.8 Å². The van der Waals surface area contributed by atoms with Gasteiger partial charge in [-0.3, -0.25) is 4.79 Å². The van der Waals surface area contributed by atoms with Gasteiger partial charge in [0.2, 0.25) is 5.75 Å². The highest BCUT2D eigenvalue weighted by Gasteiger charge is 2.32. The summed E-state index contributed by atoms with van der Waals surface area (Å²) < 4.78 is 22.0. The lowest BCUT2D eigenvalue weighted by Gasteiger charge is -2.26. The Morgan fingerprint density at radius 1 is 1.14 bits per heavy atom. The summed E-state index contributed by atoms with van der Waals surface area (Å²) in [5.41, 5.74) is 0.912. The first-order valence-corrected chi connectivity index (χ1v) is 9.35. The minimum atomic E-state index is -0.217. The van der Waals surface area contributed by atoms with Gasteiger partial charge < -0.3 is 23.5 Å². The van der Waals surface area contributed by atoms with Crippen LogP contribution < -0.4 is 14.2 Å². The van der Waals surface area contributed by atoms with E-state index in [0.717, 1.165) is 11.5 Å². The molecule has 1 aliphatic rings. The molecule has 0 atom stereocenters. The molecule has 0 radical (unpaired) electrons. The highest BCUT2D eigenvalue weighted by atomic mass is 35.5. The number of rotatable bonds is 4. The minimum Gasteiger partial charge on any atom is -0.492 e. The van der Waals surface area contributed by atoms with Crippen LogP contribution >= 0.6 is 11.6 Å². The summed E-state index contributed by atoms with van der Waals surface area (Å²) in [7, 11) is 4.43. The number of carbonyl (C=O) groups excluding carboxylic acids is 1. The first-order valence-electron chi connectivity index (χ1n) is 8.98. The van der Waals surface area contributed by atoms with E-state index < -0.39 is 0 Å². The molecule has 0 fully saturated rings. The average Bonchev–Trinajstić information content (AvgIpc) is 3.10. The second-order valence-corrected chi connectivity index (χ2v) is 8.03. The van der Waals surface area contributed by atoms with Crippen molar-refractivity contribution in [2.24, 2.45) is 0 Å². The SMILES string of the molecule is COc1c(Cl)cc(C(=O)N2CCc3oc(C(C)(C)C)nc3C2)c(OC)c1OC. The molecule has 3 rings (SSSR count). The van der Waals surface area contributed by atoms with Crippen molar-refractivity contribution in [1.29, 1.82) is 0 Å². The van der Waals surface area contributed by atoms with Crippen molar-refractivity contribution >= 4 is 17.5 Å². The number of aromatic nitrogens is 1. The van der Waals surface area contributed by atoms with Crippen LogP contribution in [0.25, 0.3) is 0 Å². The topological polar surface area (TPSA) is 74.0 Å². The van der Waals surface area contributed by atoms with Crippen molar-refractivity contribution < 1.29 is 23.4 Å². The maximum Gasteiger partial charge on any atom is 0.258 e. The summed E-state index contributed by atoms with van der Waals surface area (Å²) in [6.45, 7) is 7.01. The van der Waals surface area contributed by atoms with E-state index in [1.54, 1.807) is 11.0 Å². The van der Waals surface area contributed by atoms with E-state index >= 15 is 0 Å². The number of methoxy groups -OCH3 is 3. The summed E-state index contributed by atoms with van der Waals surface area (Å²) in [4.78, 5) is 19.6. The fourth-order valence-corrected chi connectivity index (χ4v) is 3.46. The second-order valence-electron chi connectivity index (χ2n) is 7.62. The molecule has 2 heterocycles. The number of hydrogen-bond donors (Lipinski definition) is 0. The van der Waals surface area contributed by atoms with E-state index in [1.165, 1.54) is 21.3 Å². The van der Waals surface area contributed by atoms with Crippen LogP contribution in [0.4, 0.5) is 0 Å². The zero-order chi connectivity index (χ0) is 20.6. The Morgan fingerprint density at radius 2 is 1.79 bits per heavy atom. The zero-order valence-corrected chi connectivity index (χ0v) is 17.8. The van der Waals surface area contributed by atoms with Gasteiger partial charge in [-0.25, -0.2) is 4.98 Å². The number of amides is 1. The number of nitrogens with zero attached hydrogens (tertiary/aromatic N) is 2. The van der Waals surface area contributed by atoms with Crippen LogP contribution in [-0.2, 0) is 18.4 Å². The van der Waals surface area contributed by atoms with Crippen LogP contribution in [0, 0.1) is 0 Å². The van der Waals surface area contributed by atoms with Gasteiger partial charge in [-0.15, -0.1) is 0 Å². The van der Waals surface area contributed by atoms with Crippen LogP contribution in [0.1, 0.15) is 48.5 Å². The summed E-state index contributed by atoms with van der Waals surface area (Å²) in [5.74, 6) is 2.20. The predicted octanol–water partition coefficient (Wildman–Crippen LogP) is 3.85. The molecular weight excluding hydrogens is 384 g/mol. The Labute approximate surface area is 169 Å². The molecule has 0 bridgehead atoms. The highest BCUT2D eigenvalue weighted by Crippen LogP contribution is 2.45. The molecule has 0 N–H and O–H groups in total. The van der Waals surface area contributed by atoms with Crippen molar-refractivity contribution in [2.75, 3.05) is 27.9 Å². The summed E-state index contributed by atoms with van der Waals surface area (Å²) in [6, 6.07) is 1.54. The molecule has 0 saturated carbocycles. The van der Waals surface area contributed by atoms with Gasteiger partial charge in [0.25, 0.3) is 5.91 Å². The van der Waals surface area contributed by atoms with Gasteiger partial charge in [-0.05, 0) is 6.07 Å². The molecule has 1 aromatic heterocycles. The van der Waals surface area contributed by atoms with Crippen molar-refractivity contribution in [3.8, 4) is 17.2 Å². The Morgan fingerprint density at radius 3 is 2.36 bits per heavy atom. The van der Waals surface area contributed by atoms with Crippen LogP contribution in [0.3, 0.4) is 0 Å². The molecule has 0 aliphatic carbocycles. The van der Waals surface area contributed by atoms with Crippen molar-refractivity contribution in [1.82, 2.24) is 9.88 Å². The first kappa shape index (κ1) is 20.3. The maximum atomic E-state index is 13.2. The molecule has 7 nitrogen and oxygen atoms in total. The largest absolute Gasteiger partial charge is 0.492 e. The number of benzene rings is 1. The van der Waals surface area contributed by atoms with Crippen LogP contribution in [0.2, 0.25) is 5.02 Å². The highest BCUT2D eigenvalue weighted by molar-refractivity contribution is 6.33. The number of ether oxygens (including phenoxy) is 3. The molecule has 1 amide bonds. The molecule has 28 heavy (non-hydrogen) atoms. The molecule has 2 aromatic rings. The third-order valence-electron chi connectivity index (χ3n) is 4.64. The van der Waals surface area contributed by atoms with Crippen molar-refractivity contribution in [3.63, 3.8) is 0 Å². The number of carbonyl (C=O) groups is 1. The smallest absolute Gasteiger partial charge is 0.258 e. The molecular formula is C20H25ClN2O5. The molecule has 8 heteroatoms. The quantitative estimate of drug-likeness (QED) is 0.765. The molecule has 152 valence electrons. The van der Waals surface area contributed by atoms with E-state index in [1.807, 2.05) is 20.8 Å². The Bertz CT molecular complexity index is 901. The summed E-state index contributed by atoms with van der Waals surface area (Å²) >= 11 is 6.30. The lowest BCUT2D eigenvalue weighted by Crippen LogP contribution is -2.36. The Hall–Kier alpha value is -2.41. The molecule has 1 aliphatic heterocycles. The van der Waals surface area contributed by atoms with E-state index in [9.17, 15) is 4.79 Å². The fourth-order valence-electron chi connectivity index (χ4n) is 3.19. The summed E-state index contributed by atoms with van der Waals surface area (Å²) in [6.07, 6.45) is 0.605. The Balaban J connectivity index is 1.95. The lowest BCUT2D eigenvalue weighted by molar-refractivity contribution is 0.0723. The maximum absolute atomic E-state index is 13.2. The van der Waals surface area contributed by atoms with Crippen LogP contribution in [-0.4, -0.2) is 43.7 Å². The normalized spacial score (nSPS) is 13.9. The minimum absolute atomic E-state index is 0.188. The molecule has 0 spiro atoms. The van der Waals surface area contributed by atoms with E-state index in [2.05, 4.69) is 4.98 Å². The average molecular weight is 409 g/mol. The first-order chi connectivity index (χ1) is 13.2. The van der Waals surface area contributed by atoms with E-state index in [0.29, 0.717) is 36.7 Å². The third-order valence-corrected chi connectivity index (χ3v) is 4.93. The van der Waals surface area contributed by atoms with Gasteiger partial charge >= 0.3 is 0 Å². The fraction of sp³-hybridized carbons (Fsp3) is 0.500. The zero-order valence-electron chi connectivity index (χ0n) is 17.0. The number of fused-ring (bicyclic) bond motifs is 1. The Kier molecular flexibility index (Phi) is 5.48. The van der Waals surface area contributed by atoms with Crippen LogP contribution in [0.5, 0.6) is 17.2 Å². The van der Waals surface area contributed by atoms with E-state index in [4.69, 9.17) is 30.2 Å². The molecule has 0 saturated heterocycles. The van der Waals surface area contributed by atoms with Gasteiger partial charge in [0, 0.05) is 18.4 Å². The molecule has 1 aromatic carbocycles. The number of halogens is 1. The van der Waals surface area contributed by atoms with Crippen molar-refractivity contribution in [2.45, 2.75) is 39.2 Å².